The fraction of sp³-hybridized carbons (Fsp3) is 0.905. The van der Waals surface area contributed by atoms with Crippen LogP contribution < -0.4 is 0 Å². The second-order valence-corrected chi connectivity index (χ2v) is 19.8. The van der Waals surface area contributed by atoms with Gasteiger partial charge in [-0.1, -0.05) is 62.3 Å². The second kappa shape index (κ2) is 14.0. The Hall–Kier alpha value is -2.12. The van der Waals surface area contributed by atoms with Gasteiger partial charge in [0.25, 0.3) is 0 Å². The van der Waals surface area contributed by atoms with Crippen LogP contribution in [0.25, 0.3) is 0 Å². The number of carboxylic acids is 2. The zero-order valence-corrected chi connectivity index (χ0v) is 32.6. The Labute approximate surface area is 301 Å². The van der Waals surface area contributed by atoms with Gasteiger partial charge in [-0.05, 0) is 128 Å². The van der Waals surface area contributed by atoms with Gasteiger partial charge in [0.1, 0.15) is 6.10 Å². The number of rotatable bonds is 12. The summed E-state index contributed by atoms with van der Waals surface area (Å²) in [7, 11) is 0. The van der Waals surface area contributed by atoms with Gasteiger partial charge in [0.2, 0.25) is 0 Å². The van der Waals surface area contributed by atoms with Gasteiger partial charge in [0.15, 0.2) is 0 Å². The van der Waals surface area contributed by atoms with Crippen molar-refractivity contribution < 1.29 is 38.9 Å². The molecule has 8 heteroatoms. The van der Waals surface area contributed by atoms with Gasteiger partial charge in [0.05, 0.1) is 6.61 Å². The highest BCUT2D eigenvalue weighted by Crippen LogP contribution is 2.77. The minimum absolute atomic E-state index is 0.000992. The first-order valence-corrected chi connectivity index (χ1v) is 20.0. The van der Waals surface area contributed by atoms with E-state index < -0.39 is 11.9 Å². The molecule has 5 aliphatic carbocycles. The first-order valence-electron chi connectivity index (χ1n) is 20.0. The quantitative estimate of drug-likeness (QED) is 0.193. The highest BCUT2D eigenvalue weighted by atomic mass is 16.5. The molecule has 0 aromatic rings. The molecule has 0 aliphatic heterocycles. The molecular formula is C42H68O8. The van der Waals surface area contributed by atoms with Gasteiger partial charge in [-0.3, -0.25) is 19.2 Å². The molecule has 0 aromatic heterocycles. The number of hydrogen-bond donors (Lipinski definition) is 2. The molecule has 5 aliphatic rings. The molecule has 284 valence electrons. The number of fused-ring (bicyclic) bond motifs is 7. The molecule has 0 amide bonds. The Morgan fingerprint density at radius 1 is 0.660 bits per heavy atom. The van der Waals surface area contributed by atoms with Gasteiger partial charge in [-0.25, -0.2) is 0 Å². The smallest absolute Gasteiger partial charge is 0.306 e. The average Bonchev–Trinajstić information content (AvgIpc) is 3.37. The van der Waals surface area contributed by atoms with Crippen molar-refractivity contribution >= 4 is 23.9 Å². The van der Waals surface area contributed by atoms with Crippen LogP contribution in [0.5, 0.6) is 0 Å². The topological polar surface area (TPSA) is 127 Å². The highest BCUT2D eigenvalue weighted by Gasteiger charge is 2.71. The largest absolute Gasteiger partial charge is 0.481 e. The van der Waals surface area contributed by atoms with Crippen LogP contribution in [0.1, 0.15) is 152 Å². The third kappa shape index (κ3) is 6.76. The van der Waals surface area contributed by atoms with Crippen molar-refractivity contribution in [2.45, 2.75) is 158 Å². The fourth-order valence-electron chi connectivity index (χ4n) is 13.8. The molecular weight excluding hydrogens is 632 g/mol. The van der Waals surface area contributed by atoms with Crippen molar-refractivity contribution in [3.63, 3.8) is 0 Å². The van der Waals surface area contributed by atoms with Gasteiger partial charge in [-0.15, -0.1) is 0 Å². The lowest BCUT2D eigenvalue weighted by Gasteiger charge is -2.73. The Kier molecular flexibility index (Phi) is 11.0. The zero-order chi connectivity index (χ0) is 37.0. The summed E-state index contributed by atoms with van der Waals surface area (Å²) in [5.74, 6) is 0.542. The van der Waals surface area contributed by atoms with Crippen LogP contribution in [0, 0.1) is 74.4 Å². The minimum atomic E-state index is -0.882. The van der Waals surface area contributed by atoms with Gasteiger partial charge in [-0.2, -0.15) is 0 Å². The van der Waals surface area contributed by atoms with Gasteiger partial charge < -0.3 is 19.7 Å². The van der Waals surface area contributed by atoms with Crippen molar-refractivity contribution in [2.24, 2.45) is 74.4 Å². The molecule has 0 heterocycles. The van der Waals surface area contributed by atoms with Crippen LogP contribution in [0.15, 0.2) is 0 Å². The van der Waals surface area contributed by atoms with Crippen LogP contribution in [0.4, 0.5) is 0 Å². The maximum absolute atomic E-state index is 13.0. The summed E-state index contributed by atoms with van der Waals surface area (Å²) in [5.41, 5.74) is 0.351. The van der Waals surface area contributed by atoms with E-state index in [2.05, 4.69) is 48.5 Å². The SMILES string of the molecule is CC(CC(=O)O)CC(=O)OC[C@]12CC[C@@H](C(C)C)[C@@H]1[C@H]1CC[C@@H]3[C@@]4(C)CCC(OC(=O)CC(C)CC(=O)O)C(C)(C)[C@@H]4CC[C@@]3(C)[C@]1(C)CC2. The fourth-order valence-corrected chi connectivity index (χ4v) is 13.8. The van der Waals surface area contributed by atoms with E-state index in [0.29, 0.717) is 42.1 Å². The summed E-state index contributed by atoms with van der Waals surface area (Å²) < 4.78 is 12.3. The van der Waals surface area contributed by atoms with Crippen molar-refractivity contribution in [3.05, 3.63) is 0 Å². The summed E-state index contributed by atoms with van der Waals surface area (Å²) in [5, 5.41) is 18.3. The predicted molar refractivity (Wildman–Crippen MR) is 192 cm³/mol. The molecule has 12 atom stereocenters. The second-order valence-electron chi connectivity index (χ2n) is 19.8. The van der Waals surface area contributed by atoms with E-state index in [1.165, 1.54) is 25.7 Å². The van der Waals surface area contributed by atoms with E-state index in [9.17, 15) is 24.3 Å². The predicted octanol–water partition coefficient (Wildman–Crippen LogP) is 9.18. The van der Waals surface area contributed by atoms with Gasteiger partial charge in [0, 0.05) is 36.5 Å². The van der Waals surface area contributed by atoms with E-state index in [4.69, 9.17) is 14.6 Å². The number of aliphatic carboxylic acids is 2. The van der Waals surface area contributed by atoms with E-state index in [0.717, 1.165) is 38.5 Å². The summed E-state index contributed by atoms with van der Waals surface area (Å²) in [6, 6.07) is 0. The molecule has 5 saturated carbocycles. The molecule has 50 heavy (non-hydrogen) atoms. The first-order chi connectivity index (χ1) is 23.2. The van der Waals surface area contributed by atoms with Gasteiger partial charge >= 0.3 is 23.9 Å². The van der Waals surface area contributed by atoms with Crippen molar-refractivity contribution in [3.8, 4) is 0 Å². The van der Waals surface area contributed by atoms with Crippen molar-refractivity contribution in [2.75, 3.05) is 6.61 Å². The van der Waals surface area contributed by atoms with Crippen LogP contribution in [-0.4, -0.2) is 46.8 Å². The first kappa shape index (κ1) is 39.1. The number of carbonyl (C=O) groups excluding carboxylic acids is 2. The molecule has 0 bridgehead atoms. The lowest BCUT2D eigenvalue weighted by atomic mass is 9.32. The van der Waals surface area contributed by atoms with Crippen LogP contribution in [0.3, 0.4) is 0 Å². The molecule has 3 unspecified atom stereocenters. The highest BCUT2D eigenvalue weighted by molar-refractivity contribution is 5.73. The monoisotopic (exact) mass is 700 g/mol. The molecule has 8 nitrogen and oxygen atoms in total. The van der Waals surface area contributed by atoms with Crippen LogP contribution >= 0.6 is 0 Å². The summed E-state index contributed by atoms with van der Waals surface area (Å²) in [4.78, 5) is 48.4. The molecule has 0 aromatic carbocycles. The lowest BCUT2D eigenvalue weighted by molar-refractivity contribution is -0.253. The standard InChI is InChI=1S/C42H68O8/c1-25(2)28-12-17-42(24-49-35(47)22-26(3)20-33(43)44)19-18-40(8)29(37(28)42)10-11-31-39(7)15-14-32(50-36(48)23-27(4)21-34(45)46)38(5,6)30(39)13-16-41(31,40)9/h25-32,37H,10-24H2,1-9H3,(H,43,44)(H,45,46)/t26?,27?,28-,29+,30-,31+,32?,37+,39-,40+,41+,42+/m0/s1. The maximum Gasteiger partial charge on any atom is 0.306 e. The molecule has 2 N–H and O–H groups in total. The number of carbonyl (C=O) groups is 4. The number of ether oxygens (including phenoxy) is 2. The normalized spacial score (nSPS) is 41.5. The molecule has 0 spiro atoms. The van der Waals surface area contributed by atoms with E-state index >= 15 is 0 Å². The minimum Gasteiger partial charge on any atom is -0.481 e. The number of hydrogen-bond acceptors (Lipinski definition) is 6. The van der Waals surface area contributed by atoms with Crippen LogP contribution in [0.2, 0.25) is 0 Å². The summed E-state index contributed by atoms with van der Waals surface area (Å²) in [6.45, 7) is 21.3. The lowest BCUT2D eigenvalue weighted by Crippen LogP contribution is -2.67. The van der Waals surface area contributed by atoms with E-state index in [1.807, 2.05) is 6.92 Å². The van der Waals surface area contributed by atoms with E-state index in [-0.39, 0.29) is 82.6 Å². The molecule has 5 fully saturated rings. The van der Waals surface area contributed by atoms with Crippen LogP contribution in [-0.2, 0) is 28.7 Å². The molecule has 5 rings (SSSR count). The summed E-state index contributed by atoms with van der Waals surface area (Å²) >= 11 is 0. The number of carboxylic acid groups (broad SMARTS) is 2. The summed E-state index contributed by atoms with van der Waals surface area (Å²) in [6.07, 6.45) is 11.2. The zero-order valence-electron chi connectivity index (χ0n) is 32.6. The van der Waals surface area contributed by atoms with Crippen molar-refractivity contribution in [1.82, 2.24) is 0 Å². The third-order valence-corrected chi connectivity index (χ3v) is 16.3. The Morgan fingerprint density at radius 2 is 1.28 bits per heavy atom. The molecule has 0 radical (unpaired) electrons. The Morgan fingerprint density at radius 3 is 1.88 bits per heavy atom. The number of esters is 2. The third-order valence-electron chi connectivity index (χ3n) is 16.3. The van der Waals surface area contributed by atoms with Crippen molar-refractivity contribution in [1.29, 1.82) is 0 Å². The molecule has 0 saturated heterocycles. The Bertz CT molecular complexity index is 1310. The maximum atomic E-state index is 13.0. The average molecular weight is 701 g/mol. The Balaban J connectivity index is 1.35. The van der Waals surface area contributed by atoms with E-state index in [1.54, 1.807) is 6.92 Å².